The fourth-order valence-electron chi connectivity index (χ4n) is 10.7. The minimum atomic E-state index is -0.698. The van der Waals surface area contributed by atoms with Crippen molar-refractivity contribution < 1.29 is 19.8 Å². The predicted molar refractivity (Wildman–Crippen MR) is 218 cm³/mol. The van der Waals surface area contributed by atoms with E-state index in [4.69, 9.17) is 5.73 Å². The number of carboxylic acids is 1. The number of aliphatic carboxylic acids is 1. The van der Waals surface area contributed by atoms with E-state index < -0.39 is 17.3 Å². The van der Waals surface area contributed by atoms with Gasteiger partial charge in [0.1, 0.15) is 12.0 Å². The van der Waals surface area contributed by atoms with Crippen molar-refractivity contribution in [1.29, 1.82) is 0 Å². The third-order valence-electron chi connectivity index (χ3n) is 13.7. The van der Waals surface area contributed by atoms with E-state index in [-0.39, 0.29) is 17.6 Å². The summed E-state index contributed by atoms with van der Waals surface area (Å²) in [5.41, 5.74) is 10.4. The van der Waals surface area contributed by atoms with Crippen LogP contribution < -0.4 is 16.2 Å². The second-order valence-electron chi connectivity index (χ2n) is 16.9. The molecule has 5 nitrogen and oxygen atoms in total. The lowest BCUT2D eigenvalue weighted by molar-refractivity contribution is -0.145. The number of benzene rings is 3. The van der Waals surface area contributed by atoms with Crippen LogP contribution in [0.4, 0.5) is 0 Å². The number of carboxylic acid groups (broad SMARTS) is 1. The Balaban J connectivity index is 1.13. The van der Waals surface area contributed by atoms with Gasteiger partial charge < -0.3 is 20.7 Å². The van der Waals surface area contributed by atoms with Gasteiger partial charge in [-0.1, -0.05) is 116 Å². The highest BCUT2D eigenvalue weighted by Gasteiger charge is 2.49. The Labute approximate surface area is 321 Å². The van der Waals surface area contributed by atoms with E-state index in [0.717, 1.165) is 83.5 Å². The van der Waals surface area contributed by atoms with Gasteiger partial charge in [-0.3, -0.25) is 4.79 Å². The quantitative estimate of drug-likeness (QED) is 0.0985. The number of nitrogens with two attached hydrogens (primary N) is 1. The number of rotatable bonds is 12. The van der Waals surface area contributed by atoms with Crippen molar-refractivity contribution in [3.63, 3.8) is 0 Å². The van der Waals surface area contributed by atoms with Gasteiger partial charge in [-0.2, -0.15) is 0 Å². The number of aromatic hydroxyl groups is 1. The first-order valence-corrected chi connectivity index (χ1v) is 20.8. The first-order valence-electron chi connectivity index (χ1n) is 20.8. The van der Waals surface area contributed by atoms with Gasteiger partial charge in [-0.25, -0.2) is 0 Å². The molecule has 4 aliphatic carbocycles. The van der Waals surface area contributed by atoms with Gasteiger partial charge in [0.05, 0.1) is 5.92 Å². The molecule has 0 aliphatic heterocycles. The lowest BCUT2D eigenvalue weighted by Crippen LogP contribution is -2.47. The molecule has 7 rings (SSSR count). The Morgan fingerprint density at radius 2 is 1.67 bits per heavy atom. The van der Waals surface area contributed by atoms with Crippen LogP contribution in [0.2, 0.25) is 0 Å². The molecule has 0 saturated heterocycles. The first kappa shape index (κ1) is 38.1. The van der Waals surface area contributed by atoms with Gasteiger partial charge in [0.25, 0.3) is 0 Å². The van der Waals surface area contributed by atoms with Crippen molar-refractivity contribution in [1.82, 2.24) is 0 Å². The second-order valence-corrected chi connectivity index (χ2v) is 16.9. The zero-order valence-corrected chi connectivity index (χ0v) is 31.8. The zero-order chi connectivity index (χ0) is 37.5. The summed E-state index contributed by atoms with van der Waals surface area (Å²) in [6.07, 6.45) is 26.0. The van der Waals surface area contributed by atoms with Crippen molar-refractivity contribution >= 4 is 24.4 Å². The van der Waals surface area contributed by atoms with Crippen LogP contribution in [0.1, 0.15) is 106 Å². The topological polar surface area (TPSA) is 101 Å². The highest BCUT2D eigenvalue weighted by molar-refractivity contribution is 5.73. The van der Waals surface area contributed by atoms with Crippen molar-refractivity contribution in [2.75, 3.05) is 6.54 Å². The van der Waals surface area contributed by atoms with Crippen LogP contribution in [0.5, 0.6) is 5.75 Å². The molecule has 1 spiro atoms. The molecule has 5 heteroatoms. The Morgan fingerprint density at radius 3 is 2.43 bits per heavy atom. The van der Waals surface area contributed by atoms with E-state index in [1.807, 2.05) is 12.1 Å². The standard InChI is InChI=1S/C49H59NO4/c50-26-24-34-17-18-40(27-34)42(33-51)14-3-1-2-10-36-11-6-7-16-47(48(53)54)49(25-23-41-30-38-12-4-5-13-39(38)31-43(41)32-49)44-15-8-9-35(28-44)29-46(36)37-19-21-45(52)22-20-37/h4-9,12-13,15,19-22,27-28,30-31,33,36,40-43,46-47,52H,1-3,10-11,14,16-18,23-26,29,32,50H2,(H,53,54)/t36-,40+,41+,42+,43-,46+,47-,49+/m0/s1. The Bertz CT molecular complexity index is 1940. The summed E-state index contributed by atoms with van der Waals surface area (Å²) in [4.78, 5) is 25.4. The number of carbonyl (C=O) groups excluding carboxylic acids is 1. The molecule has 8 atom stereocenters. The maximum atomic E-state index is 13.3. The van der Waals surface area contributed by atoms with Crippen LogP contribution in [-0.4, -0.2) is 29.0 Å². The number of phenolic OH excluding ortho intramolecular Hbond substituents is 1. The highest BCUT2D eigenvalue weighted by Crippen LogP contribution is 2.52. The SMILES string of the molecule is NCCC1=C[C@H]([C@@H](C=O)CCCCC[C@H]2CC=CC[C@@H](C(=O)O)[C@@]3(CC[C@@H]4C=c5ccccc5=C[C@H]4C3)c3cccc(c3)C[C@H]2c2ccc(O)cc2)CC1. The molecule has 1 fully saturated rings. The second kappa shape index (κ2) is 17.5. The van der Waals surface area contributed by atoms with Crippen molar-refractivity contribution in [2.24, 2.45) is 41.2 Å². The summed E-state index contributed by atoms with van der Waals surface area (Å²) in [5.74, 6) is 0.850. The molecule has 54 heavy (non-hydrogen) atoms. The van der Waals surface area contributed by atoms with Gasteiger partial charge in [0.15, 0.2) is 0 Å². The number of allylic oxidation sites excluding steroid dienone is 3. The highest BCUT2D eigenvalue weighted by atomic mass is 16.4. The van der Waals surface area contributed by atoms with Crippen LogP contribution in [0, 0.1) is 35.5 Å². The molecule has 0 amide bonds. The van der Waals surface area contributed by atoms with Crippen molar-refractivity contribution in [3.05, 3.63) is 124 Å². The minimum Gasteiger partial charge on any atom is -0.508 e. The predicted octanol–water partition coefficient (Wildman–Crippen LogP) is 8.77. The van der Waals surface area contributed by atoms with Crippen LogP contribution in [-0.2, 0) is 21.4 Å². The van der Waals surface area contributed by atoms with E-state index in [2.05, 4.69) is 91.0 Å². The molecule has 4 N–H and O–H groups in total. The number of phenols is 1. The number of carbonyl (C=O) groups is 2. The third kappa shape index (κ3) is 8.52. The van der Waals surface area contributed by atoms with Crippen LogP contribution in [0.25, 0.3) is 12.2 Å². The molecule has 2 bridgehead atoms. The minimum absolute atomic E-state index is 0.0899. The van der Waals surface area contributed by atoms with E-state index in [1.54, 1.807) is 0 Å². The lowest BCUT2D eigenvalue weighted by atomic mass is 9.55. The number of fused-ring (bicyclic) bond motifs is 5. The van der Waals surface area contributed by atoms with Crippen molar-refractivity contribution in [2.45, 2.75) is 101 Å². The fourth-order valence-corrected chi connectivity index (χ4v) is 10.7. The van der Waals surface area contributed by atoms with E-state index in [0.29, 0.717) is 36.6 Å². The number of aldehydes is 1. The van der Waals surface area contributed by atoms with E-state index in [1.165, 1.54) is 39.0 Å². The summed E-state index contributed by atoms with van der Waals surface area (Å²) in [6.45, 7) is 0.673. The first-order chi connectivity index (χ1) is 26.4. The van der Waals surface area contributed by atoms with Gasteiger partial charge in [0, 0.05) is 11.3 Å². The summed E-state index contributed by atoms with van der Waals surface area (Å²) in [6, 6.07) is 25.3. The maximum absolute atomic E-state index is 13.3. The van der Waals surface area contributed by atoms with Crippen molar-refractivity contribution in [3.8, 4) is 5.75 Å². The lowest BCUT2D eigenvalue weighted by Gasteiger charge is -2.48. The summed E-state index contributed by atoms with van der Waals surface area (Å²) < 4.78 is 0. The molecular weight excluding hydrogens is 667 g/mol. The normalized spacial score (nSPS) is 28.3. The van der Waals surface area contributed by atoms with Gasteiger partial charge >= 0.3 is 5.97 Å². The molecule has 0 radical (unpaired) electrons. The smallest absolute Gasteiger partial charge is 0.307 e. The maximum Gasteiger partial charge on any atom is 0.307 e. The molecular formula is C49H59NO4. The largest absolute Gasteiger partial charge is 0.508 e. The number of hydrogen-bond acceptors (Lipinski definition) is 4. The monoisotopic (exact) mass is 725 g/mol. The number of unbranched alkanes of at least 4 members (excludes halogenated alkanes) is 2. The van der Waals surface area contributed by atoms with Crippen LogP contribution >= 0.6 is 0 Å². The molecule has 3 aromatic carbocycles. The molecule has 284 valence electrons. The number of hydrogen-bond donors (Lipinski definition) is 3. The Hall–Kier alpha value is -4.22. The molecule has 1 saturated carbocycles. The van der Waals surface area contributed by atoms with Crippen LogP contribution in [0.3, 0.4) is 0 Å². The van der Waals surface area contributed by atoms with E-state index >= 15 is 0 Å². The molecule has 0 aromatic heterocycles. The molecule has 4 aliphatic rings. The third-order valence-corrected chi connectivity index (χ3v) is 13.7. The van der Waals surface area contributed by atoms with Gasteiger partial charge in [-0.15, -0.1) is 0 Å². The average molecular weight is 726 g/mol. The van der Waals surface area contributed by atoms with Gasteiger partial charge in [-0.05, 0) is 146 Å². The zero-order valence-electron chi connectivity index (χ0n) is 31.8. The average Bonchev–Trinajstić information content (AvgIpc) is 3.65. The summed E-state index contributed by atoms with van der Waals surface area (Å²) in [5, 5.41) is 23.7. The summed E-state index contributed by atoms with van der Waals surface area (Å²) >= 11 is 0. The fraction of sp³-hybridized carbons (Fsp3) is 0.469. The Kier molecular flexibility index (Phi) is 12.3. The summed E-state index contributed by atoms with van der Waals surface area (Å²) in [7, 11) is 0. The molecule has 0 heterocycles. The van der Waals surface area contributed by atoms with Gasteiger partial charge in [0.2, 0.25) is 0 Å². The molecule has 3 aromatic rings. The molecule has 0 unspecified atom stereocenters. The Morgan fingerprint density at radius 1 is 0.889 bits per heavy atom. The van der Waals surface area contributed by atoms with Crippen LogP contribution in [0.15, 0.2) is 96.6 Å². The van der Waals surface area contributed by atoms with E-state index in [9.17, 15) is 19.8 Å².